The summed E-state index contributed by atoms with van der Waals surface area (Å²) >= 11 is 1.97. The van der Waals surface area contributed by atoms with E-state index in [2.05, 4.69) is 10.1 Å². The number of nitrogens with two attached hydrogens (primary N) is 1. The predicted molar refractivity (Wildman–Crippen MR) is 77.0 cm³/mol. The number of nitrogens with zero attached hydrogens (tertiary/aromatic N) is 2. The van der Waals surface area contributed by atoms with Crippen LogP contribution in [0.15, 0.2) is 4.52 Å². The van der Waals surface area contributed by atoms with E-state index in [9.17, 15) is 0 Å². The Morgan fingerprint density at radius 2 is 2.00 bits per heavy atom. The quantitative estimate of drug-likeness (QED) is 0.922. The summed E-state index contributed by atoms with van der Waals surface area (Å²) in [6.45, 7) is 0. The molecule has 106 valence electrons. The van der Waals surface area contributed by atoms with Crippen molar-refractivity contribution in [3.8, 4) is 0 Å². The number of hydrogen-bond acceptors (Lipinski definition) is 5. The molecule has 3 rings (SSSR count). The van der Waals surface area contributed by atoms with Gasteiger partial charge in [-0.15, -0.1) is 0 Å². The summed E-state index contributed by atoms with van der Waals surface area (Å²) in [7, 11) is 0. The Morgan fingerprint density at radius 3 is 2.79 bits per heavy atom. The topological polar surface area (TPSA) is 64.9 Å². The molecule has 0 spiro atoms. The fourth-order valence-electron chi connectivity index (χ4n) is 3.14. The van der Waals surface area contributed by atoms with Crippen LogP contribution in [0.1, 0.15) is 61.9 Å². The van der Waals surface area contributed by atoms with E-state index in [-0.39, 0.29) is 0 Å². The van der Waals surface area contributed by atoms with E-state index in [1.54, 1.807) is 0 Å². The average molecular weight is 281 g/mol. The van der Waals surface area contributed by atoms with Gasteiger partial charge in [0.15, 0.2) is 5.82 Å². The molecule has 0 aromatic carbocycles. The molecule has 2 heterocycles. The standard InChI is InChI=1S/C14H23N3OS/c15-11-6-2-1-5-10(11)9-13-16-14(17-18-13)12-7-3-4-8-19-12/h10-12H,1-9,15H2. The fourth-order valence-corrected chi connectivity index (χ4v) is 4.37. The zero-order chi connectivity index (χ0) is 13.1. The second kappa shape index (κ2) is 6.27. The van der Waals surface area contributed by atoms with Crippen molar-refractivity contribution >= 4 is 11.8 Å². The molecule has 4 nitrogen and oxygen atoms in total. The van der Waals surface area contributed by atoms with Gasteiger partial charge in [0.1, 0.15) is 0 Å². The molecule has 2 fully saturated rings. The van der Waals surface area contributed by atoms with E-state index >= 15 is 0 Å². The first kappa shape index (κ1) is 13.4. The third-order valence-corrected chi connectivity index (χ3v) is 5.73. The minimum absolute atomic E-state index is 0.313. The highest BCUT2D eigenvalue weighted by Gasteiger charge is 2.26. The van der Waals surface area contributed by atoms with Gasteiger partial charge in [-0.25, -0.2) is 0 Å². The van der Waals surface area contributed by atoms with Crippen molar-refractivity contribution in [1.29, 1.82) is 0 Å². The first-order valence-electron chi connectivity index (χ1n) is 7.52. The smallest absolute Gasteiger partial charge is 0.227 e. The predicted octanol–water partition coefficient (Wildman–Crippen LogP) is 3.09. The summed E-state index contributed by atoms with van der Waals surface area (Å²) < 4.78 is 5.44. The maximum atomic E-state index is 6.18. The molecular formula is C14H23N3OS. The Morgan fingerprint density at radius 1 is 1.16 bits per heavy atom. The molecule has 1 saturated carbocycles. The lowest BCUT2D eigenvalue weighted by molar-refractivity contribution is 0.272. The molecule has 3 unspecified atom stereocenters. The van der Waals surface area contributed by atoms with Gasteiger partial charge in [-0.1, -0.05) is 24.4 Å². The molecule has 0 amide bonds. The Labute approximate surface area is 118 Å². The molecular weight excluding hydrogens is 258 g/mol. The van der Waals surface area contributed by atoms with Crippen molar-refractivity contribution < 1.29 is 4.52 Å². The van der Waals surface area contributed by atoms with Crippen molar-refractivity contribution in [2.75, 3.05) is 5.75 Å². The van der Waals surface area contributed by atoms with E-state index in [1.807, 2.05) is 11.8 Å². The van der Waals surface area contributed by atoms with Gasteiger partial charge in [0, 0.05) is 12.5 Å². The van der Waals surface area contributed by atoms with Gasteiger partial charge in [-0.05, 0) is 37.4 Å². The van der Waals surface area contributed by atoms with E-state index in [0.29, 0.717) is 17.2 Å². The van der Waals surface area contributed by atoms with Crippen LogP contribution < -0.4 is 5.73 Å². The molecule has 3 atom stereocenters. The second-order valence-corrected chi connectivity index (χ2v) is 7.12. The molecule has 0 bridgehead atoms. The van der Waals surface area contributed by atoms with Crippen molar-refractivity contribution in [3.63, 3.8) is 0 Å². The summed E-state index contributed by atoms with van der Waals surface area (Å²) in [5.41, 5.74) is 6.18. The van der Waals surface area contributed by atoms with Crippen LogP contribution in [0.4, 0.5) is 0 Å². The molecule has 2 N–H and O–H groups in total. The summed E-state index contributed by atoms with van der Waals surface area (Å²) in [5.74, 6) is 3.45. The van der Waals surface area contributed by atoms with Crippen LogP contribution in [0, 0.1) is 5.92 Å². The van der Waals surface area contributed by atoms with Gasteiger partial charge in [0.25, 0.3) is 0 Å². The van der Waals surface area contributed by atoms with Crippen LogP contribution in [0.25, 0.3) is 0 Å². The van der Waals surface area contributed by atoms with Gasteiger partial charge < -0.3 is 10.3 Å². The largest absolute Gasteiger partial charge is 0.339 e. The van der Waals surface area contributed by atoms with Crippen molar-refractivity contribution in [3.05, 3.63) is 11.7 Å². The van der Waals surface area contributed by atoms with E-state index in [1.165, 1.54) is 44.3 Å². The summed E-state index contributed by atoms with van der Waals surface area (Å²) in [6, 6.07) is 0.313. The minimum Gasteiger partial charge on any atom is -0.339 e. The van der Waals surface area contributed by atoms with Crippen LogP contribution in [-0.4, -0.2) is 21.9 Å². The van der Waals surface area contributed by atoms with E-state index in [0.717, 1.165) is 24.6 Å². The maximum Gasteiger partial charge on any atom is 0.227 e. The Bertz CT molecular complexity index is 403. The Hall–Kier alpha value is -0.550. The third-order valence-electron chi connectivity index (χ3n) is 4.36. The minimum atomic E-state index is 0.313. The van der Waals surface area contributed by atoms with Crippen LogP contribution in [0.2, 0.25) is 0 Å². The van der Waals surface area contributed by atoms with Crippen LogP contribution in [0.3, 0.4) is 0 Å². The van der Waals surface area contributed by atoms with Crippen molar-refractivity contribution in [2.45, 2.75) is 62.7 Å². The van der Waals surface area contributed by atoms with Gasteiger partial charge in [-0.2, -0.15) is 16.7 Å². The monoisotopic (exact) mass is 281 g/mol. The van der Waals surface area contributed by atoms with Crippen LogP contribution in [-0.2, 0) is 6.42 Å². The Kier molecular flexibility index (Phi) is 4.43. The number of thioether (sulfide) groups is 1. The van der Waals surface area contributed by atoms with Gasteiger partial charge in [-0.3, -0.25) is 0 Å². The molecule has 1 saturated heterocycles. The highest BCUT2D eigenvalue weighted by Crippen LogP contribution is 2.37. The molecule has 1 aliphatic carbocycles. The zero-order valence-corrected chi connectivity index (χ0v) is 12.2. The third kappa shape index (κ3) is 3.31. The summed E-state index contributed by atoms with van der Waals surface area (Å²) in [4.78, 5) is 4.61. The lowest BCUT2D eigenvalue weighted by Crippen LogP contribution is -2.34. The van der Waals surface area contributed by atoms with E-state index in [4.69, 9.17) is 10.3 Å². The highest BCUT2D eigenvalue weighted by molar-refractivity contribution is 7.99. The van der Waals surface area contributed by atoms with E-state index < -0.39 is 0 Å². The van der Waals surface area contributed by atoms with Crippen molar-refractivity contribution in [2.24, 2.45) is 11.7 Å². The number of hydrogen-bond donors (Lipinski definition) is 1. The SMILES string of the molecule is NC1CCCCC1Cc1nc(C2CCCCS2)no1. The first-order chi connectivity index (χ1) is 9.33. The lowest BCUT2D eigenvalue weighted by Gasteiger charge is -2.27. The number of aromatic nitrogens is 2. The van der Waals surface area contributed by atoms with Crippen molar-refractivity contribution in [1.82, 2.24) is 10.1 Å². The fraction of sp³-hybridized carbons (Fsp3) is 0.857. The highest BCUT2D eigenvalue weighted by atomic mass is 32.2. The van der Waals surface area contributed by atoms with Gasteiger partial charge in [0.05, 0.1) is 5.25 Å². The summed E-state index contributed by atoms with van der Waals surface area (Å²) in [6.07, 6.45) is 9.57. The second-order valence-electron chi connectivity index (χ2n) is 5.81. The Balaban J connectivity index is 1.60. The van der Waals surface area contributed by atoms with Crippen LogP contribution >= 0.6 is 11.8 Å². The van der Waals surface area contributed by atoms with Crippen LogP contribution in [0.5, 0.6) is 0 Å². The maximum absolute atomic E-state index is 6.18. The molecule has 2 aliphatic rings. The first-order valence-corrected chi connectivity index (χ1v) is 8.57. The van der Waals surface area contributed by atoms with Gasteiger partial charge in [0.2, 0.25) is 5.89 Å². The molecule has 1 aromatic heterocycles. The molecule has 1 aromatic rings. The van der Waals surface area contributed by atoms with Gasteiger partial charge >= 0.3 is 0 Å². The molecule has 1 aliphatic heterocycles. The normalized spacial score (nSPS) is 32.4. The summed E-state index contributed by atoms with van der Waals surface area (Å²) in [5, 5.41) is 4.63. The molecule has 5 heteroatoms. The molecule has 0 radical (unpaired) electrons. The lowest BCUT2D eigenvalue weighted by atomic mass is 9.83. The average Bonchev–Trinajstić information content (AvgIpc) is 2.91. The zero-order valence-electron chi connectivity index (χ0n) is 11.4. The number of rotatable bonds is 3. The molecule has 19 heavy (non-hydrogen) atoms.